The molecule has 1 heterocycles. The summed E-state index contributed by atoms with van der Waals surface area (Å²) >= 11 is 1.78. The van der Waals surface area contributed by atoms with Gasteiger partial charge in [-0.15, -0.1) is 11.3 Å². The number of rotatable bonds is 3. The van der Waals surface area contributed by atoms with Gasteiger partial charge in [0.15, 0.2) is 0 Å². The summed E-state index contributed by atoms with van der Waals surface area (Å²) in [5.74, 6) is 0. The lowest BCUT2D eigenvalue weighted by Gasteiger charge is -2.38. The topological polar surface area (TPSA) is 33.1 Å². The van der Waals surface area contributed by atoms with E-state index in [2.05, 4.69) is 18.8 Å². The lowest BCUT2D eigenvalue weighted by molar-refractivity contribution is 0.120. The van der Waals surface area contributed by atoms with Crippen molar-refractivity contribution in [3.8, 4) is 0 Å². The number of hydrogen-bond acceptors (Lipinski definition) is 3. The summed E-state index contributed by atoms with van der Waals surface area (Å²) in [5, 5.41) is 10.6. The molecule has 1 aliphatic rings. The predicted octanol–water partition coefficient (Wildman–Crippen LogP) is 2.43. The van der Waals surface area contributed by atoms with Gasteiger partial charge in [-0.1, -0.05) is 13.3 Å². The zero-order valence-electron chi connectivity index (χ0n) is 8.84. The molecule has 1 N–H and O–H groups in total. The van der Waals surface area contributed by atoms with Crippen LogP contribution in [0, 0.1) is 6.92 Å². The smallest absolute Gasteiger partial charge is 0.102 e. The van der Waals surface area contributed by atoms with Crippen molar-refractivity contribution in [3.63, 3.8) is 0 Å². The van der Waals surface area contributed by atoms with E-state index in [1.807, 2.05) is 0 Å². The van der Waals surface area contributed by atoms with Gasteiger partial charge in [-0.3, -0.25) is 0 Å². The molecule has 78 valence electrons. The zero-order chi connectivity index (χ0) is 10.2. The molecule has 0 unspecified atom stereocenters. The summed E-state index contributed by atoms with van der Waals surface area (Å²) < 4.78 is 0. The highest BCUT2D eigenvalue weighted by Crippen LogP contribution is 2.45. The van der Waals surface area contributed by atoms with Crippen LogP contribution in [0.2, 0.25) is 0 Å². The van der Waals surface area contributed by atoms with Gasteiger partial charge in [-0.05, 0) is 26.2 Å². The van der Waals surface area contributed by atoms with Gasteiger partial charge < -0.3 is 5.11 Å². The van der Waals surface area contributed by atoms with Crippen LogP contribution in [0.5, 0.6) is 0 Å². The molecule has 0 aliphatic heterocycles. The minimum atomic E-state index is 0.0306. The van der Waals surface area contributed by atoms with Gasteiger partial charge in [0.2, 0.25) is 0 Å². The van der Waals surface area contributed by atoms with Crippen molar-refractivity contribution in [1.29, 1.82) is 0 Å². The second-order valence-corrected chi connectivity index (χ2v) is 5.37. The van der Waals surface area contributed by atoms with Gasteiger partial charge in [0.05, 0.1) is 12.3 Å². The fourth-order valence-electron chi connectivity index (χ4n) is 2.03. The number of hydrogen-bond donors (Lipinski definition) is 1. The molecule has 0 bridgehead atoms. The standard InChI is InChI=1S/C11H17NOS/c1-3-9-8(2)14-10(12-9)11(7-13)5-4-6-11/h13H,3-7H2,1-2H3. The van der Waals surface area contributed by atoms with Crippen molar-refractivity contribution < 1.29 is 5.11 Å². The first-order valence-corrected chi connectivity index (χ1v) is 6.11. The van der Waals surface area contributed by atoms with Gasteiger partial charge >= 0.3 is 0 Å². The molecule has 0 amide bonds. The largest absolute Gasteiger partial charge is 0.395 e. The summed E-state index contributed by atoms with van der Waals surface area (Å²) in [6.45, 7) is 4.53. The van der Waals surface area contributed by atoms with Crippen LogP contribution in [-0.2, 0) is 11.8 Å². The van der Waals surface area contributed by atoms with Crippen LogP contribution in [0.3, 0.4) is 0 Å². The van der Waals surface area contributed by atoms with Crippen LogP contribution in [0.25, 0.3) is 0 Å². The molecule has 1 saturated carbocycles. The van der Waals surface area contributed by atoms with Crippen LogP contribution in [0.15, 0.2) is 0 Å². The molecule has 14 heavy (non-hydrogen) atoms. The Bertz CT molecular complexity index is 323. The molecule has 0 spiro atoms. The molecule has 1 fully saturated rings. The molecule has 3 heteroatoms. The van der Waals surface area contributed by atoms with Gasteiger partial charge in [0, 0.05) is 10.3 Å². The lowest BCUT2D eigenvalue weighted by Crippen LogP contribution is -2.37. The fraction of sp³-hybridized carbons (Fsp3) is 0.727. The van der Waals surface area contributed by atoms with Crippen molar-refractivity contribution in [3.05, 3.63) is 15.6 Å². The minimum absolute atomic E-state index is 0.0306. The Kier molecular flexibility index (Phi) is 2.62. The third kappa shape index (κ3) is 1.39. The van der Waals surface area contributed by atoms with Gasteiger partial charge in [0.25, 0.3) is 0 Å². The van der Waals surface area contributed by atoms with E-state index in [-0.39, 0.29) is 12.0 Å². The Labute approximate surface area is 89.0 Å². The zero-order valence-corrected chi connectivity index (χ0v) is 9.65. The van der Waals surface area contributed by atoms with Gasteiger partial charge in [-0.25, -0.2) is 4.98 Å². The highest BCUT2D eigenvalue weighted by atomic mass is 32.1. The summed E-state index contributed by atoms with van der Waals surface area (Å²) in [4.78, 5) is 5.97. The van der Waals surface area contributed by atoms with Crippen LogP contribution < -0.4 is 0 Å². The minimum Gasteiger partial charge on any atom is -0.395 e. The monoisotopic (exact) mass is 211 g/mol. The molecule has 2 rings (SSSR count). The lowest BCUT2D eigenvalue weighted by atomic mass is 9.70. The van der Waals surface area contributed by atoms with Crippen LogP contribution in [0.1, 0.15) is 41.8 Å². The summed E-state index contributed by atoms with van der Waals surface area (Å²) in [6.07, 6.45) is 4.46. The van der Waals surface area contributed by atoms with E-state index in [1.165, 1.54) is 22.0 Å². The van der Waals surface area contributed by atoms with E-state index < -0.39 is 0 Å². The SMILES string of the molecule is CCc1nc(C2(CO)CCC2)sc1C. The molecule has 1 aromatic rings. The second kappa shape index (κ2) is 3.63. The summed E-state index contributed by atoms with van der Waals surface area (Å²) in [6, 6.07) is 0. The van der Waals surface area contributed by atoms with E-state index >= 15 is 0 Å². The third-order valence-electron chi connectivity index (χ3n) is 3.29. The molecule has 0 aromatic carbocycles. The first kappa shape index (κ1) is 10.1. The van der Waals surface area contributed by atoms with Gasteiger partial charge in [0.1, 0.15) is 5.01 Å². The number of nitrogens with zero attached hydrogens (tertiary/aromatic N) is 1. The number of aromatic nitrogens is 1. The van der Waals surface area contributed by atoms with E-state index in [9.17, 15) is 5.11 Å². The highest BCUT2D eigenvalue weighted by molar-refractivity contribution is 7.11. The van der Waals surface area contributed by atoms with Crippen molar-refractivity contribution in [2.45, 2.75) is 44.9 Å². The Morgan fingerprint density at radius 2 is 2.21 bits per heavy atom. The van der Waals surface area contributed by atoms with Crippen molar-refractivity contribution >= 4 is 11.3 Å². The molecular weight excluding hydrogens is 194 g/mol. The fourth-order valence-corrected chi connectivity index (χ4v) is 3.26. The summed E-state index contributed by atoms with van der Waals surface area (Å²) in [5.41, 5.74) is 1.24. The maximum absolute atomic E-state index is 9.43. The molecule has 0 atom stereocenters. The van der Waals surface area contributed by atoms with E-state index in [4.69, 9.17) is 0 Å². The van der Waals surface area contributed by atoms with Crippen LogP contribution in [0.4, 0.5) is 0 Å². The van der Waals surface area contributed by atoms with Crippen molar-refractivity contribution in [1.82, 2.24) is 4.98 Å². The molecule has 1 aromatic heterocycles. The maximum atomic E-state index is 9.43. The van der Waals surface area contributed by atoms with Gasteiger partial charge in [-0.2, -0.15) is 0 Å². The third-order valence-corrected chi connectivity index (χ3v) is 4.55. The molecule has 2 nitrogen and oxygen atoms in total. The Balaban J connectivity index is 2.31. The summed E-state index contributed by atoms with van der Waals surface area (Å²) in [7, 11) is 0. The number of thiazole rings is 1. The average molecular weight is 211 g/mol. The van der Waals surface area contributed by atoms with Crippen molar-refractivity contribution in [2.24, 2.45) is 0 Å². The van der Waals surface area contributed by atoms with Crippen LogP contribution in [-0.4, -0.2) is 16.7 Å². The number of aliphatic hydroxyl groups is 1. The molecule has 0 radical (unpaired) electrons. The molecular formula is C11H17NOS. The second-order valence-electron chi connectivity index (χ2n) is 4.17. The van der Waals surface area contributed by atoms with E-state index in [1.54, 1.807) is 11.3 Å². The average Bonchev–Trinajstić information content (AvgIpc) is 2.46. The number of aryl methyl sites for hydroxylation is 2. The molecule has 1 aliphatic carbocycles. The van der Waals surface area contributed by atoms with Crippen molar-refractivity contribution in [2.75, 3.05) is 6.61 Å². The Hall–Kier alpha value is -0.410. The molecule has 0 saturated heterocycles. The predicted molar refractivity (Wildman–Crippen MR) is 58.8 cm³/mol. The normalized spacial score (nSPS) is 19.4. The van der Waals surface area contributed by atoms with Crippen LogP contribution >= 0.6 is 11.3 Å². The highest BCUT2D eigenvalue weighted by Gasteiger charge is 2.40. The van der Waals surface area contributed by atoms with E-state index in [0.717, 1.165) is 19.3 Å². The maximum Gasteiger partial charge on any atom is 0.102 e. The Morgan fingerprint density at radius 3 is 2.57 bits per heavy atom. The number of aliphatic hydroxyl groups excluding tert-OH is 1. The first-order chi connectivity index (χ1) is 6.72. The Morgan fingerprint density at radius 1 is 1.50 bits per heavy atom. The quantitative estimate of drug-likeness (QED) is 0.833. The first-order valence-electron chi connectivity index (χ1n) is 5.29. The van der Waals surface area contributed by atoms with E-state index in [0.29, 0.717) is 0 Å².